The zero-order chi connectivity index (χ0) is 36.0. The lowest BCUT2D eigenvalue weighted by atomic mass is 9.92. The van der Waals surface area contributed by atoms with Gasteiger partial charge in [-0.25, -0.2) is 0 Å². The smallest absolute Gasteiger partial charge is 0.193 e. The highest BCUT2D eigenvalue weighted by molar-refractivity contribution is 6.16. The van der Waals surface area contributed by atoms with E-state index in [1.54, 1.807) is 0 Å². The molecule has 51 heavy (non-hydrogen) atoms. The summed E-state index contributed by atoms with van der Waals surface area (Å²) in [6.07, 6.45) is 0. The molecule has 8 rings (SSSR count). The van der Waals surface area contributed by atoms with Crippen molar-refractivity contribution in [2.45, 2.75) is 61.6 Å². The van der Waals surface area contributed by atoms with E-state index in [0.717, 1.165) is 57.2 Å². The molecule has 2 aromatic heterocycles. The van der Waals surface area contributed by atoms with Gasteiger partial charge in [0.15, 0.2) is 11.6 Å². The van der Waals surface area contributed by atoms with Crippen LogP contribution >= 0.6 is 0 Å². The molecule has 0 atom stereocenters. The van der Waals surface area contributed by atoms with Crippen molar-refractivity contribution >= 4 is 55.2 Å². The third-order valence-corrected chi connectivity index (χ3v) is 10.1. The molecule has 0 saturated carbocycles. The minimum absolute atomic E-state index is 0.0718. The van der Waals surface area contributed by atoms with Gasteiger partial charge in [-0.15, -0.1) is 0 Å². The number of fused-ring (bicyclic) bond motifs is 6. The Hall–Kier alpha value is -5.74. The van der Waals surface area contributed by atoms with Crippen LogP contribution in [0.5, 0.6) is 0 Å². The highest BCUT2D eigenvalue weighted by Crippen LogP contribution is 2.33. The molecular weight excluding hydrogens is 625 g/mol. The summed E-state index contributed by atoms with van der Waals surface area (Å²) in [7, 11) is 0. The fourth-order valence-corrected chi connectivity index (χ4v) is 7.84. The molecule has 0 spiro atoms. The molecule has 0 bridgehead atoms. The fraction of sp³-hybridized carbons (Fsp3) is 0.191. The van der Waals surface area contributed by atoms with E-state index in [0.29, 0.717) is 0 Å². The van der Waals surface area contributed by atoms with Crippen molar-refractivity contribution < 1.29 is 9.59 Å². The van der Waals surface area contributed by atoms with Crippen LogP contribution in [0.15, 0.2) is 115 Å². The molecule has 2 heterocycles. The van der Waals surface area contributed by atoms with Gasteiger partial charge in [0.05, 0.1) is 0 Å². The first-order chi connectivity index (χ1) is 24.6. The van der Waals surface area contributed by atoms with E-state index in [-0.39, 0.29) is 11.6 Å². The largest absolute Gasteiger partial charge is 0.341 e. The Kier molecular flexibility index (Phi) is 8.95. The molecule has 6 aromatic carbocycles. The standard InChI is InChI=1S/C25H25NO.C22H19NO/c1-6-26-22-9-7-15(2)13-20(22)21-14-19(8-10-23(21)26)25(27)24-17(4)11-16(3)12-18(24)5;1-3-23-20-11-9-15(2)13-18(20)19-14-17(10-12-21(19)23)22(24)16-7-5-4-6-8-16/h7-14H,6H2,1-5H3;4-14H,3H2,1-2H3. The fourth-order valence-electron chi connectivity index (χ4n) is 7.84. The van der Waals surface area contributed by atoms with E-state index in [2.05, 4.69) is 110 Å². The van der Waals surface area contributed by atoms with E-state index in [4.69, 9.17) is 0 Å². The third-order valence-electron chi connectivity index (χ3n) is 10.1. The quantitative estimate of drug-likeness (QED) is 0.166. The van der Waals surface area contributed by atoms with Gasteiger partial charge in [-0.05, 0) is 120 Å². The molecule has 0 fully saturated rings. The molecule has 4 heteroatoms. The second-order valence-electron chi connectivity index (χ2n) is 13.8. The van der Waals surface area contributed by atoms with Crippen LogP contribution in [0.4, 0.5) is 0 Å². The van der Waals surface area contributed by atoms with E-state index < -0.39 is 0 Å². The SMILES string of the molecule is CCn1c2ccc(C)cc2c2cc(C(=O)c3c(C)cc(C)cc3C)ccc21.CCn1c2ccc(C)cc2c2cc(C(=O)c3ccccc3)ccc21. The number of aryl methyl sites for hydroxylation is 7. The van der Waals surface area contributed by atoms with Crippen LogP contribution in [0.1, 0.15) is 73.5 Å². The molecular formula is C47H44N2O2. The van der Waals surface area contributed by atoms with Gasteiger partial charge in [0.1, 0.15) is 0 Å². The Morgan fingerprint density at radius 3 is 1.29 bits per heavy atom. The Balaban J connectivity index is 0.000000160. The van der Waals surface area contributed by atoms with Crippen LogP contribution in [0, 0.1) is 34.6 Å². The number of nitrogens with zero attached hydrogens (tertiary/aromatic N) is 2. The average Bonchev–Trinajstić information content (AvgIpc) is 3.61. The lowest BCUT2D eigenvalue weighted by Gasteiger charge is -2.11. The number of hydrogen-bond donors (Lipinski definition) is 0. The lowest BCUT2D eigenvalue weighted by molar-refractivity contribution is 0.103. The first-order valence-electron chi connectivity index (χ1n) is 17.9. The molecule has 0 aliphatic rings. The Morgan fingerprint density at radius 1 is 0.431 bits per heavy atom. The van der Waals surface area contributed by atoms with Crippen molar-refractivity contribution in [2.75, 3.05) is 0 Å². The number of benzene rings is 6. The van der Waals surface area contributed by atoms with Crippen LogP contribution in [0.2, 0.25) is 0 Å². The Labute approximate surface area is 300 Å². The van der Waals surface area contributed by atoms with Crippen molar-refractivity contribution in [3.63, 3.8) is 0 Å². The maximum Gasteiger partial charge on any atom is 0.193 e. The van der Waals surface area contributed by atoms with Crippen LogP contribution < -0.4 is 0 Å². The summed E-state index contributed by atoms with van der Waals surface area (Å²) in [5, 5.41) is 4.74. The van der Waals surface area contributed by atoms with E-state index >= 15 is 0 Å². The van der Waals surface area contributed by atoms with Gasteiger partial charge in [-0.3, -0.25) is 9.59 Å². The molecule has 0 aliphatic carbocycles. The van der Waals surface area contributed by atoms with Crippen molar-refractivity contribution in [3.8, 4) is 0 Å². The topological polar surface area (TPSA) is 44.0 Å². The summed E-state index contributed by atoms with van der Waals surface area (Å²) >= 11 is 0. The first kappa shape index (κ1) is 33.7. The molecule has 0 N–H and O–H groups in total. The van der Waals surface area contributed by atoms with Crippen LogP contribution in [0.25, 0.3) is 43.6 Å². The van der Waals surface area contributed by atoms with E-state index in [9.17, 15) is 9.59 Å². The molecule has 4 nitrogen and oxygen atoms in total. The summed E-state index contributed by atoms with van der Waals surface area (Å²) in [6, 6.07) is 38.9. The summed E-state index contributed by atoms with van der Waals surface area (Å²) in [5.41, 5.74) is 13.6. The van der Waals surface area contributed by atoms with Crippen molar-refractivity contribution in [2.24, 2.45) is 0 Å². The number of carbonyl (C=O) groups excluding carboxylic acids is 2. The molecule has 0 amide bonds. The maximum absolute atomic E-state index is 13.3. The summed E-state index contributed by atoms with van der Waals surface area (Å²) in [5.74, 6) is 0.180. The maximum atomic E-state index is 13.3. The number of hydrogen-bond acceptors (Lipinski definition) is 2. The van der Waals surface area contributed by atoms with E-state index in [1.807, 2.05) is 62.4 Å². The van der Waals surface area contributed by atoms with Gasteiger partial charge in [-0.2, -0.15) is 0 Å². The molecule has 0 saturated heterocycles. The van der Waals surface area contributed by atoms with Crippen LogP contribution in [0.3, 0.4) is 0 Å². The van der Waals surface area contributed by atoms with Crippen molar-refractivity contribution in [3.05, 3.63) is 165 Å². The Bertz CT molecular complexity index is 2610. The average molecular weight is 669 g/mol. The minimum atomic E-state index is 0.0718. The number of rotatable bonds is 6. The van der Waals surface area contributed by atoms with Gasteiger partial charge in [0.2, 0.25) is 0 Å². The number of ketones is 2. The van der Waals surface area contributed by atoms with Gasteiger partial charge in [0, 0.05) is 79.0 Å². The molecule has 8 aromatic rings. The molecule has 0 aliphatic heterocycles. The van der Waals surface area contributed by atoms with Crippen LogP contribution in [-0.2, 0) is 13.1 Å². The van der Waals surface area contributed by atoms with Gasteiger partial charge < -0.3 is 9.13 Å². The zero-order valence-electron chi connectivity index (χ0n) is 30.6. The summed E-state index contributed by atoms with van der Waals surface area (Å²) in [6.45, 7) is 16.5. The highest BCUT2D eigenvalue weighted by atomic mass is 16.1. The van der Waals surface area contributed by atoms with Gasteiger partial charge >= 0.3 is 0 Å². The molecule has 0 unspecified atom stereocenters. The Morgan fingerprint density at radius 2 is 0.843 bits per heavy atom. The molecule has 0 radical (unpaired) electrons. The predicted octanol–water partition coefficient (Wildman–Crippen LogP) is 11.6. The summed E-state index contributed by atoms with van der Waals surface area (Å²) in [4.78, 5) is 26.1. The second kappa shape index (κ2) is 13.5. The lowest BCUT2D eigenvalue weighted by Crippen LogP contribution is -2.07. The van der Waals surface area contributed by atoms with Gasteiger partial charge in [0.25, 0.3) is 0 Å². The van der Waals surface area contributed by atoms with Crippen LogP contribution in [-0.4, -0.2) is 20.7 Å². The van der Waals surface area contributed by atoms with E-state index in [1.165, 1.54) is 49.5 Å². The third kappa shape index (κ3) is 6.05. The zero-order valence-corrected chi connectivity index (χ0v) is 30.6. The van der Waals surface area contributed by atoms with Gasteiger partial charge in [-0.1, -0.05) is 71.3 Å². The summed E-state index contributed by atoms with van der Waals surface area (Å²) < 4.78 is 4.63. The number of aromatic nitrogens is 2. The first-order valence-corrected chi connectivity index (χ1v) is 17.9. The molecule has 254 valence electrons. The predicted molar refractivity (Wildman–Crippen MR) is 214 cm³/mol. The van der Waals surface area contributed by atoms with Crippen molar-refractivity contribution in [1.82, 2.24) is 9.13 Å². The highest BCUT2D eigenvalue weighted by Gasteiger charge is 2.18. The normalized spacial score (nSPS) is 11.4. The van der Waals surface area contributed by atoms with Crippen molar-refractivity contribution in [1.29, 1.82) is 0 Å². The number of carbonyl (C=O) groups is 2. The second-order valence-corrected chi connectivity index (χ2v) is 13.8. The monoisotopic (exact) mass is 668 g/mol. The minimum Gasteiger partial charge on any atom is -0.341 e.